The number of nitrogens with zero attached hydrogens (tertiary/aromatic N) is 1. The largest absolute Gasteiger partial charge is 0.349 e. The first-order valence-electron chi connectivity index (χ1n) is 11.3. The van der Waals surface area contributed by atoms with Gasteiger partial charge in [-0.25, -0.2) is 0 Å². The number of rotatable bonds is 5. The third kappa shape index (κ3) is 3.74. The number of fused-ring (bicyclic) bond motifs is 4. The van der Waals surface area contributed by atoms with E-state index in [-0.39, 0.29) is 10.5 Å². The van der Waals surface area contributed by atoms with Crippen LogP contribution in [-0.4, -0.2) is 17.3 Å². The van der Waals surface area contributed by atoms with Gasteiger partial charge in [-0.05, 0) is 54.0 Å². The Morgan fingerprint density at radius 3 is 2.59 bits per heavy atom. The first kappa shape index (κ1) is 20.6. The van der Waals surface area contributed by atoms with Crippen LogP contribution >= 0.6 is 10.5 Å². The van der Waals surface area contributed by atoms with Gasteiger partial charge in [-0.2, -0.15) is 0 Å². The number of likely N-dealkylation sites (N-methyl/N-ethyl adjacent to an activating group) is 1. The van der Waals surface area contributed by atoms with Crippen LogP contribution in [0.1, 0.15) is 19.4 Å². The molecule has 0 aromatic heterocycles. The Kier molecular flexibility index (Phi) is 5.83. The highest BCUT2D eigenvalue weighted by Gasteiger charge is 2.19. The van der Waals surface area contributed by atoms with E-state index >= 15 is 0 Å². The van der Waals surface area contributed by atoms with Crippen LogP contribution in [0, 0.1) is 0 Å². The molecule has 0 radical (unpaired) electrons. The lowest BCUT2D eigenvalue weighted by atomic mass is 10.1. The highest BCUT2D eigenvalue weighted by molar-refractivity contribution is 8.16. The minimum absolute atomic E-state index is 0.105. The molecule has 0 bridgehead atoms. The van der Waals surface area contributed by atoms with Gasteiger partial charge in [0, 0.05) is 28.2 Å². The number of hydrogen-bond acceptors (Lipinski definition) is 2. The van der Waals surface area contributed by atoms with Crippen LogP contribution in [0.4, 0.5) is 11.4 Å². The fraction of sp³-hybridized carbons (Fsp3) is 0.138. The van der Waals surface area contributed by atoms with Crippen LogP contribution in [0.15, 0.2) is 108 Å². The first-order valence-corrected chi connectivity index (χ1v) is 12.7. The van der Waals surface area contributed by atoms with Gasteiger partial charge in [0.15, 0.2) is 0 Å². The van der Waals surface area contributed by atoms with Gasteiger partial charge in [-0.3, -0.25) is 0 Å². The molecule has 0 saturated carbocycles. The maximum absolute atomic E-state index is 3.72. The van der Waals surface area contributed by atoms with Crippen LogP contribution < -0.4 is 10.2 Å². The van der Waals surface area contributed by atoms with Crippen molar-refractivity contribution in [2.45, 2.75) is 18.7 Å². The smallest absolute Gasteiger partial charge is 0.0677 e. The van der Waals surface area contributed by atoms with Gasteiger partial charge in [-0.15, -0.1) is 10.5 Å². The van der Waals surface area contributed by atoms with Crippen LogP contribution in [0.2, 0.25) is 0 Å². The van der Waals surface area contributed by atoms with E-state index in [1.165, 1.54) is 43.3 Å². The predicted octanol–water partition coefficient (Wildman–Crippen LogP) is 7.59. The molecule has 0 aliphatic carbocycles. The number of nitrogens with one attached hydrogen (secondary N) is 1. The number of hydrogen-bond donors (Lipinski definition) is 1. The number of benzene rings is 3. The third-order valence-corrected chi connectivity index (χ3v) is 8.20. The molecule has 2 aliphatic rings. The SMILES string of the molecule is CCN1C(=CC=CC=CC2=S(CC)c3ccc4ccccc4c3N2)C=Cc2ccccc21. The molecule has 2 heterocycles. The van der Waals surface area contributed by atoms with Crippen molar-refractivity contribution >= 4 is 43.7 Å². The first-order chi connectivity index (χ1) is 15.8. The lowest BCUT2D eigenvalue weighted by molar-refractivity contribution is 0.971. The van der Waals surface area contributed by atoms with Crippen LogP contribution in [0.3, 0.4) is 0 Å². The Hall–Kier alpha value is -3.30. The Morgan fingerprint density at radius 1 is 0.875 bits per heavy atom. The summed E-state index contributed by atoms with van der Waals surface area (Å²) in [6, 6.07) is 21.7. The second-order valence-electron chi connectivity index (χ2n) is 7.80. The highest BCUT2D eigenvalue weighted by Crippen LogP contribution is 2.44. The summed E-state index contributed by atoms with van der Waals surface area (Å²) in [5.41, 5.74) is 5.05. The van der Waals surface area contributed by atoms with Gasteiger partial charge in [-0.1, -0.05) is 79.8 Å². The monoisotopic (exact) mass is 436 g/mol. The summed E-state index contributed by atoms with van der Waals surface area (Å²) in [7, 11) is 0.105. The van der Waals surface area contributed by atoms with Crippen molar-refractivity contribution in [2.75, 3.05) is 22.5 Å². The molecule has 1 unspecified atom stereocenters. The average molecular weight is 437 g/mol. The molecule has 2 aliphatic heterocycles. The molecule has 160 valence electrons. The fourth-order valence-electron chi connectivity index (χ4n) is 4.46. The fourth-order valence-corrected chi connectivity index (χ4v) is 6.43. The summed E-state index contributed by atoms with van der Waals surface area (Å²) in [5.74, 6) is 1.11. The lowest BCUT2D eigenvalue weighted by Crippen LogP contribution is -2.23. The molecular weight excluding hydrogens is 408 g/mol. The lowest BCUT2D eigenvalue weighted by Gasteiger charge is -2.29. The number of anilines is 2. The van der Waals surface area contributed by atoms with Gasteiger partial charge in [0.05, 0.1) is 10.7 Å². The molecule has 1 atom stereocenters. The predicted molar refractivity (Wildman–Crippen MR) is 144 cm³/mol. The zero-order valence-corrected chi connectivity index (χ0v) is 19.4. The van der Waals surface area contributed by atoms with Crippen LogP contribution in [-0.2, 0) is 0 Å². The molecule has 0 spiro atoms. The second-order valence-corrected chi connectivity index (χ2v) is 10.0. The van der Waals surface area contributed by atoms with E-state index < -0.39 is 0 Å². The molecular formula is C29H28N2S. The van der Waals surface area contributed by atoms with E-state index in [2.05, 4.69) is 127 Å². The van der Waals surface area contributed by atoms with Crippen molar-refractivity contribution in [3.63, 3.8) is 0 Å². The van der Waals surface area contributed by atoms with Crippen molar-refractivity contribution < 1.29 is 0 Å². The topological polar surface area (TPSA) is 15.3 Å². The summed E-state index contributed by atoms with van der Waals surface area (Å²) in [5, 5.41) is 6.32. The van der Waals surface area contributed by atoms with Crippen LogP contribution in [0.25, 0.3) is 16.8 Å². The van der Waals surface area contributed by atoms with Gasteiger partial charge in [0.1, 0.15) is 0 Å². The summed E-state index contributed by atoms with van der Waals surface area (Å²) < 4.78 is 0. The molecule has 2 nitrogen and oxygen atoms in total. The minimum atomic E-state index is 0.105. The number of allylic oxidation sites excluding steroid dienone is 5. The Bertz CT molecular complexity index is 1320. The molecule has 1 N–H and O–H groups in total. The van der Waals surface area contributed by atoms with E-state index in [1.54, 1.807) is 0 Å². The zero-order chi connectivity index (χ0) is 21.9. The molecule has 3 heteroatoms. The van der Waals surface area contributed by atoms with Gasteiger partial charge in [0.25, 0.3) is 0 Å². The van der Waals surface area contributed by atoms with Crippen molar-refractivity contribution in [3.05, 3.63) is 108 Å². The highest BCUT2D eigenvalue weighted by atomic mass is 32.2. The van der Waals surface area contributed by atoms with E-state index in [4.69, 9.17) is 0 Å². The summed E-state index contributed by atoms with van der Waals surface area (Å²) >= 11 is 0. The summed E-state index contributed by atoms with van der Waals surface area (Å²) in [6.07, 6.45) is 15.2. The molecule has 0 saturated heterocycles. The van der Waals surface area contributed by atoms with Crippen molar-refractivity contribution in [2.24, 2.45) is 0 Å². The van der Waals surface area contributed by atoms with Gasteiger partial charge in [0.2, 0.25) is 0 Å². The average Bonchev–Trinajstić information content (AvgIpc) is 3.21. The van der Waals surface area contributed by atoms with E-state index in [0.717, 1.165) is 12.3 Å². The van der Waals surface area contributed by atoms with Gasteiger partial charge >= 0.3 is 0 Å². The Morgan fingerprint density at radius 2 is 1.72 bits per heavy atom. The van der Waals surface area contributed by atoms with Crippen molar-refractivity contribution in [1.82, 2.24) is 0 Å². The standard InChI is InChI=1S/C29H28N2S/c1-3-31-24(20-18-23-13-9-11-16-26(23)31)14-6-5-7-17-28-30-29-25-15-10-8-12-22(25)19-21-27(29)32(28)4-2/h5-21,30H,3-4H2,1-2H3. The quantitative estimate of drug-likeness (QED) is 0.252. The maximum atomic E-state index is 3.72. The molecule has 0 amide bonds. The molecule has 0 fully saturated rings. The van der Waals surface area contributed by atoms with Gasteiger partial charge < -0.3 is 10.2 Å². The van der Waals surface area contributed by atoms with Crippen molar-refractivity contribution in [1.29, 1.82) is 0 Å². The zero-order valence-electron chi connectivity index (χ0n) is 18.6. The van der Waals surface area contributed by atoms with Crippen molar-refractivity contribution in [3.8, 4) is 0 Å². The Labute approximate surface area is 193 Å². The third-order valence-electron chi connectivity index (χ3n) is 5.98. The number of para-hydroxylation sites is 1. The molecule has 3 aromatic rings. The minimum Gasteiger partial charge on any atom is -0.349 e. The summed E-state index contributed by atoms with van der Waals surface area (Å²) in [4.78, 5) is 5.09. The molecule has 5 rings (SSSR count). The summed E-state index contributed by atoms with van der Waals surface area (Å²) in [6.45, 7) is 5.42. The van der Waals surface area contributed by atoms with Crippen LogP contribution in [0.5, 0.6) is 0 Å². The maximum Gasteiger partial charge on any atom is 0.0677 e. The molecule has 32 heavy (non-hydrogen) atoms. The Balaban J connectivity index is 1.35. The van der Waals surface area contributed by atoms with E-state index in [0.29, 0.717) is 0 Å². The normalized spacial score (nSPS) is 18.7. The second kappa shape index (κ2) is 9.05. The molecule has 3 aromatic carbocycles. The van der Waals surface area contributed by atoms with E-state index in [1.807, 2.05) is 0 Å². The van der Waals surface area contributed by atoms with E-state index in [9.17, 15) is 0 Å².